The molecule has 0 aliphatic carbocycles. The van der Waals surface area contributed by atoms with Crippen LogP contribution in [-0.2, 0) is 11.2 Å². The number of nitrogens with one attached hydrogen (secondary N) is 1. The molecule has 1 aliphatic rings. The van der Waals surface area contributed by atoms with Gasteiger partial charge in [-0.2, -0.15) is 4.98 Å². The Morgan fingerprint density at radius 2 is 2.16 bits per heavy atom. The van der Waals surface area contributed by atoms with E-state index in [0.717, 1.165) is 13.1 Å². The number of rotatable bonds is 3. The maximum atomic E-state index is 5.58. The van der Waals surface area contributed by atoms with Crippen molar-refractivity contribution in [3.8, 4) is 0 Å². The highest BCUT2D eigenvalue weighted by Gasteiger charge is 2.22. The molecule has 1 fully saturated rings. The molecule has 1 aliphatic heterocycles. The van der Waals surface area contributed by atoms with E-state index < -0.39 is 0 Å². The van der Waals surface area contributed by atoms with Crippen LogP contribution in [0.1, 0.15) is 28.9 Å². The van der Waals surface area contributed by atoms with Gasteiger partial charge >= 0.3 is 0 Å². The van der Waals surface area contributed by atoms with Crippen LogP contribution in [0.25, 0.3) is 0 Å². The van der Waals surface area contributed by atoms with Gasteiger partial charge in [-0.05, 0) is 12.5 Å². The maximum Gasteiger partial charge on any atom is 0.257 e. The second kappa shape index (κ2) is 5.50. The minimum atomic E-state index is -0.118. The minimum Gasteiger partial charge on any atom is -0.366 e. The molecule has 1 unspecified atom stereocenters. The molecule has 1 atom stereocenters. The van der Waals surface area contributed by atoms with Crippen molar-refractivity contribution in [2.24, 2.45) is 0 Å². The molecule has 1 saturated heterocycles. The molecular weight excluding hydrogens is 242 g/mol. The van der Waals surface area contributed by atoms with Crippen LogP contribution in [0.3, 0.4) is 0 Å². The van der Waals surface area contributed by atoms with Gasteiger partial charge in [0.25, 0.3) is 5.89 Å². The molecular formula is C14H17N3O2. The molecule has 5 heteroatoms. The SMILES string of the molecule is Cc1ccc(Cc2noc(C3CNCCO3)n2)cc1. The average Bonchev–Trinajstić information content (AvgIpc) is 2.91. The molecule has 1 N–H and O–H groups in total. The highest BCUT2D eigenvalue weighted by molar-refractivity contribution is 5.23. The van der Waals surface area contributed by atoms with Gasteiger partial charge in [-0.15, -0.1) is 0 Å². The van der Waals surface area contributed by atoms with Crippen molar-refractivity contribution in [2.45, 2.75) is 19.4 Å². The minimum absolute atomic E-state index is 0.118. The first kappa shape index (κ1) is 12.3. The van der Waals surface area contributed by atoms with Gasteiger partial charge in [-0.3, -0.25) is 0 Å². The van der Waals surface area contributed by atoms with Crippen molar-refractivity contribution in [3.63, 3.8) is 0 Å². The topological polar surface area (TPSA) is 60.2 Å². The van der Waals surface area contributed by atoms with Gasteiger partial charge in [-0.1, -0.05) is 35.0 Å². The van der Waals surface area contributed by atoms with Crippen molar-refractivity contribution in [2.75, 3.05) is 19.7 Å². The van der Waals surface area contributed by atoms with E-state index >= 15 is 0 Å². The largest absolute Gasteiger partial charge is 0.366 e. The molecule has 2 aromatic rings. The molecule has 0 radical (unpaired) electrons. The summed E-state index contributed by atoms with van der Waals surface area (Å²) in [5.74, 6) is 1.27. The van der Waals surface area contributed by atoms with E-state index in [1.807, 2.05) is 0 Å². The van der Waals surface area contributed by atoms with Gasteiger partial charge in [-0.25, -0.2) is 0 Å². The highest BCUT2D eigenvalue weighted by Crippen LogP contribution is 2.17. The predicted octanol–water partition coefficient (Wildman–Crippen LogP) is 1.63. The second-order valence-corrected chi connectivity index (χ2v) is 4.77. The van der Waals surface area contributed by atoms with E-state index in [2.05, 4.69) is 46.6 Å². The summed E-state index contributed by atoms with van der Waals surface area (Å²) in [6.45, 7) is 4.36. The normalized spacial score (nSPS) is 19.5. The zero-order chi connectivity index (χ0) is 13.1. The number of hydrogen-bond donors (Lipinski definition) is 1. The van der Waals surface area contributed by atoms with E-state index in [9.17, 15) is 0 Å². The quantitative estimate of drug-likeness (QED) is 0.907. The van der Waals surface area contributed by atoms with Gasteiger partial charge in [0.05, 0.1) is 6.61 Å². The monoisotopic (exact) mass is 259 g/mol. The Morgan fingerprint density at radius 3 is 2.89 bits per heavy atom. The maximum absolute atomic E-state index is 5.58. The third kappa shape index (κ3) is 3.00. The van der Waals surface area contributed by atoms with E-state index in [0.29, 0.717) is 24.7 Å². The van der Waals surface area contributed by atoms with Crippen molar-refractivity contribution >= 4 is 0 Å². The molecule has 0 saturated carbocycles. The lowest BCUT2D eigenvalue weighted by atomic mass is 10.1. The molecule has 3 rings (SSSR count). The Labute approximate surface area is 112 Å². The Bertz CT molecular complexity index is 530. The zero-order valence-corrected chi connectivity index (χ0v) is 10.9. The Morgan fingerprint density at radius 1 is 1.32 bits per heavy atom. The Kier molecular flexibility index (Phi) is 3.57. The Hall–Kier alpha value is -1.72. The van der Waals surface area contributed by atoms with Crippen molar-refractivity contribution in [1.29, 1.82) is 0 Å². The van der Waals surface area contributed by atoms with E-state index in [-0.39, 0.29) is 6.10 Å². The van der Waals surface area contributed by atoms with Crippen LogP contribution in [0, 0.1) is 6.92 Å². The molecule has 19 heavy (non-hydrogen) atoms. The van der Waals surface area contributed by atoms with Crippen molar-refractivity contribution < 1.29 is 9.26 Å². The third-order valence-electron chi connectivity index (χ3n) is 3.17. The van der Waals surface area contributed by atoms with Crippen LogP contribution < -0.4 is 5.32 Å². The summed E-state index contributed by atoms with van der Waals surface area (Å²) in [7, 11) is 0. The summed E-state index contributed by atoms with van der Waals surface area (Å²) in [5, 5.41) is 7.26. The van der Waals surface area contributed by atoms with E-state index in [1.165, 1.54) is 11.1 Å². The van der Waals surface area contributed by atoms with Gasteiger partial charge in [0.1, 0.15) is 6.10 Å². The summed E-state index contributed by atoms with van der Waals surface area (Å²) in [6, 6.07) is 8.35. The fraction of sp³-hybridized carbons (Fsp3) is 0.429. The third-order valence-corrected chi connectivity index (χ3v) is 3.17. The summed E-state index contributed by atoms with van der Waals surface area (Å²) in [6.07, 6.45) is 0.567. The zero-order valence-electron chi connectivity index (χ0n) is 10.9. The number of benzene rings is 1. The van der Waals surface area contributed by atoms with Gasteiger partial charge in [0, 0.05) is 19.5 Å². The summed E-state index contributed by atoms with van der Waals surface area (Å²) in [5.41, 5.74) is 2.43. The first-order chi connectivity index (χ1) is 9.31. The van der Waals surface area contributed by atoms with Crippen LogP contribution in [0.15, 0.2) is 28.8 Å². The molecule has 0 amide bonds. The summed E-state index contributed by atoms with van der Waals surface area (Å²) < 4.78 is 10.9. The van der Waals surface area contributed by atoms with Crippen LogP contribution in [0.5, 0.6) is 0 Å². The predicted molar refractivity (Wildman–Crippen MR) is 69.8 cm³/mol. The van der Waals surface area contributed by atoms with Crippen LogP contribution in [0.2, 0.25) is 0 Å². The van der Waals surface area contributed by atoms with Crippen LogP contribution in [-0.4, -0.2) is 29.8 Å². The summed E-state index contributed by atoms with van der Waals surface area (Å²) >= 11 is 0. The van der Waals surface area contributed by atoms with Crippen LogP contribution >= 0.6 is 0 Å². The molecule has 1 aromatic carbocycles. The molecule has 0 bridgehead atoms. The molecule has 100 valence electrons. The molecule has 5 nitrogen and oxygen atoms in total. The fourth-order valence-corrected chi connectivity index (χ4v) is 2.08. The first-order valence-electron chi connectivity index (χ1n) is 6.51. The van der Waals surface area contributed by atoms with Gasteiger partial charge in [0.2, 0.25) is 0 Å². The highest BCUT2D eigenvalue weighted by atomic mass is 16.5. The Balaban J connectivity index is 1.68. The number of ether oxygens (including phenoxy) is 1. The van der Waals surface area contributed by atoms with Crippen LogP contribution in [0.4, 0.5) is 0 Å². The lowest BCUT2D eigenvalue weighted by molar-refractivity contribution is 0.00755. The average molecular weight is 259 g/mol. The number of aryl methyl sites for hydroxylation is 1. The summed E-state index contributed by atoms with van der Waals surface area (Å²) in [4.78, 5) is 4.41. The first-order valence-corrected chi connectivity index (χ1v) is 6.51. The number of aromatic nitrogens is 2. The standard InChI is InChI=1S/C14H17N3O2/c1-10-2-4-11(5-3-10)8-13-16-14(19-17-13)12-9-15-6-7-18-12/h2-5,12,15H,6-9H2,1H3. The van der Waals surface area contributed by atoms with Gasteiger partial charge < -0.3 is 14.6 Å². The molecule has 0 spiro atoms. The van der Waals surface area contributed by atoms with E-state index in [1.54, 1.807) is 0 Å². The number of morpholine rings is 1. The fourth-order valence-electron chi connectivity index (χ4n) is 2.08. The smallest absolute Gasteiger partial charge is 0.257 e. The molecule has 1 aromatic heterocycles. The van der Waals surface area contributed by atoms with Crippen molar-refractivity contribution in [1.82, 2.24) is 15.5 Å². The lowest BCUT2D eigenvalue weighted by Gasteiger charge is -2.19. The number of nitrogens with zero attached hydrogens (tertiary/aromatic N) is 2. The lowest BCUT2D eigenvalue weighted by Crippen LogP contribution is -2.33. The van der Waals surface area contributed by atoms with Gasteiger partial charge in [0.15, 0.2) is 5.82 Å². The second-order valence-electron chi connectivity index (χ2n) is 4.77. The van der Waals surface area contributed by atoms with Crippen molar-refractivity contribution in [3.05, 3.63) is 47.1 Å². The van der Waals surface area contributed by atoms with E-state index in [4.69, 9.17) is 9.26 Å². The number of hydrogen-bond acceptors (Lipinski definition) is 5. The molecule has 2 heterocycles.